The normalized spacial score (nSPS) is 13.4. The number of carbonyl (C=O) groups is 3. The molecular weight excluding hydrogens is 490 g/mol. The van der Waals surface area contributed by atoms with Gasteiger partial charge in [0.05, 0.1) is 56.0 Å². The number of aromatic nitrogens is 1. The van der Waals surface area contributed by atoms with Gasteiger partial charge < -0.3 is 14.2 Å². The van der Waals surface area contributed by atoms with Crippen molar-refractivity contribution in [2.45, 2.75) is 13.0 Å². The highest BCUT2D eigenvalue weighted by molar-refractivity contribution is 6.28. The summed E-state index contributed by atoms with van der Waals surface area (Å²) in [6, 6.07) is 11.1. The first-order chi connectivity index (χ1) is 18.1. The van der Waals surface area contributed by atoms with E-state index >= 15 is 0 Å². The standard InChI is InChI=1S/C27H27N5O6/c1-28-19-7-10-22-21(17-19)26(36)38-27(37)30(22)14-4-15-32(2,3)16-13-29-25(35)18-5-8-20(9-6-18)31-23(33)11-12-24(31)34/h5-12,17H,1,4,13-16H2,2-3H3/p+1. The quantitative estimate of drug-likeness (QED) is 0.247. The zero-order chi connectivity index (χ0) is 27.4. The molecule has 3 aromatic rings. The van der Waals surface area contributed by atoms with Gasteiger partial charge in [-0.25, -0.2) is 14.5 Å². The van der Waals surface area contributed by atoms with Crippen molar-refractivity contribution in [3.63, 3.8) is 0 Å². The minimum absolute atomic E-state index is 0.264. The fourth-order valence-corrected chi connectivity index (χ4v) is 4.28. The van der Waals surface area contributed by atoms with Gasteiger partial charge in [-0.2, -0.15) is 0 Å². The largest absolute Gasteiger partial charge is 0.422 e. The number of aryl methyl sites for hydroxylation is 1. The summed E-state index contributed by atoms with van der Waals surface area (Å²) in [4.78, 5) is 65.5. The molecule has 0 spiro atoms. The van der Waals surface area contributed by atoms with Crippen LogP contribution in [0.2, 0.25) is 0 Å². The van der Waals surface area contributed by atoms with Crippen LogP contribution in [-0.4, -0.2) is 67.2 Å². The number of benzene rings is 2. The number of aliphatic imine (C=N–C) groups is 1. The molecule has 4 rings (SSSR count). The minimum Gasteiger partial charge on any atom is -0.372 e. The summed E-state index contributed by atoms with van der Waals surface area (Å²) >= 11 is 0. The summed E-state index contributed by atoms with van der Waals surface area (Å²) < 4.78 is 6.90. The van der Waals surface area contributed by atoms with E-state index in [1.54, 1.807) is 42.5 Å². The van der Waals surface area contributed by atoms with Crippen LogP contribution in [0.5, 0.6) is 0 Å². The van der Waals surface area contributed by atoms with E-state index in [2.05, 4.69) is 17.0 Å². The van der Waals surface area contributed by atoms with Crippen LogP contribution in [0.1, 0.15) is 16.8 Å². The number of fused-ring (bicyclic) bond motifs is 1. The van der Waals surface area contributed by atoms with Gasteiger partial charge in [0.1, 0.15) is 0 Å². The Hall–Kier alpha value is -4.64. The lowest BCUT2D eigenvalue weighted by Gasteiger charge is -2.30. The number of hydrogen-bond donors (Lipinski definition) is 1. The Labute approximate surface area is 217 Å². The molecule has 11 nitrogen and oxygen atoms in total. The topological polar surface area (TPSA) is 131 Å². The maximum absolute atomic E-state index is 12.6. The van der Waals surface area contributed by atoms with Crippen LogP contribution in [0.4, 0.5) is 11.4 Å². The van der Waals surface area contributed by atoms with Gasteiger partial charge in [-0.15, -0.1) is 0 Å². The van der Waals surface area contributed by atoms with Crippen molar-refractivity contribution in [3.8, 4) is 0 Å². The van der Waals surface area contributed by atoms with Crippen LogP contribution < -0.4 is 21.6 Å². The van der Waals surface area contributed by atoms with E-state index in [1.807, 2.05) is 14.1 Å². The second-order valence-electron chi connectivity index (χ2n) is 9.55. The SMILES string of the molecule is C=Nc1ccc2c(c1)c(=O)oc(=O)n2CCC[N+](C)(C)CCNC(=O)c1ccc(N2C(=O)C=CC2=O)cc1. The number of nitrogens with one attached hydrogen (secondary N) is 1. The summed E-state index contributed by atoms with van der Waals surface area (Å²) in [5.41, 5.74) is 1.11. The van der Waals surface area contributed by atoms with Crippen LogP contribution in [0.15, 0.2) is 73.6 Å². The first-order valence-corrected chi connectivity index (χ1v) is 12.0. The number of rotatable bonds is 10. The first kappa shape index (κ1) is 26.4. The molecule has 1 aliphatic rings. The van der Waals surface area contributed by atoms with E-state index in [0.29, 0.717) is 59.5 Å². The fraction of sp³-hybridized carbons (Fsp3) is 0.259. The predicted octanol–water partition coefficient (Wildman–Crippen LogP) is 1.61. The number of carbonyl (C=O) groups excluding carboxylic acids is 3. The number of anilines is 1. The van der Waals surface area contributed by atoms with Crippen LogP contribution in [0.25, 0.3) is 10.9 Å². The van der Waals surface area contributed by atoms with E-state index in [9.17, 15) is 24.0 Å². The Morgan fingerprint density at radius 3 is 2.34 bits per heavy atom. The third kappa shape index (κ3) is 5.68. The Morgan fingerprint density at radius 2 is 1.68 bits per heavy atom. The van der Waals surface area contributed by atoms with Crippen molar-refractivity contribution in [2.24, 2.45) is 4.99 Å². The third-order valence-corrected chi connectivity index (χ3v) is 6.42. The van der Waals surface area contributed by atoms with E-state index in [1.165, 1.54) is 16.7 Å². The first-order valence-electron chi connectivity index (χ1n) is 12.0. The maximum Gasteiger partial charge on any atom is 0.422 e. The molecule has 0 saturated carbocycles. The molecule has 2 heterocycles. The molecule has 3 amide bonds. The number of quaternary nitrogens is 1. The van der Waals surface area contributed by atoms with Gasteiger partial charge in [0, 0.05) is 30.7 Å². The molecule has 0 aliphatic carbocycles. The number of nitrogens with zero attached hydrogens (tertiary/aromatic N) is 4. The van der Waals surface area contributed by atoms with Crippen LogP contribution in [-0.2, 0) is 16.1 Å². The average Bonchev–Trinajstić information content (AvgIpc) is 3.23. The second kappa shape index (κ2) is 10.8. The summed E-state index contributed by atoms with van der Waals surface area (Å²) in [6.07, 6.45) is 3.05. The van der Waals surface area contributed by atoms with Crippen LogP contribution in [0.3, 0.4) is 0 Å². The summed E-state index contributed by atoms with van der Waals surface area (Å²) in [6.45, 7) is 5.57. The number of hydrogen-bond acceptors (Lipinski definition) is 7. The maximum atomic E-state index is 12.6. The van der Waals surface area contributed by atoms with Gasteiger partial charge in [0.15, 0.2) is 0 Å². The molecule has 0 radical (unpaired) electrons. The lowest BCUT2D eigenvalue weighted by Crippen LogP contribution is -2.46. The zero-order valence-corrected chi connectivity index (χ0v) is 21.2. The van der Waals surface area contributed by atoms with Crippen molar-refractivity contribution in [2.75, 3.05) is 38.6 Å². The van der Waals surface area contributed by atoms with Gasteiger partial charge in [0.2, 0.25) is 0 Å². The molecule has 0 bridgehead atoms. The zero-order valence-electron chi connectivity index (χ0n) is 21.2. The molecule has 38 heavy (non-hydrogen) atoms. The lowest BCUT2D eigenvalue weighted by molar-refractivity contribution is -0.889. The van der Waals surface area contributed by atoms with E-state index in [-0.39, 0.29) is 11.3 Å². The second-order valence-corrected chi connectivity index (χ2v) is 9.55. The Balaban J connectivity index is 1.30. The van der Waals surface area contributed by atoms with Gasteiger partial charge >= 0.3 is 11.4 Å². The Morgan fingerprint density at radius 1 is 1.00 bits per heavy atom. The smallest absolute Gasteiger partial charge is 0.372 e. The van der Waals surface area contributed by atoms with Crippen molar-refractivity contribution in [3.05, 3.63) is 81.2 Å². The fourth-order valence-electron chi connectivity index (χ4n) is 4.28. The molecule has 196 valence electrons. The molecule has 1 N–H and O–H groups in total. The van der Waals surface area contributed by atoms with Gasteiger partial charge in [-0.05, 0) is 49.2 Å². The van der Waals surface area contributed by atoms with E-state index in [4.69, 9.17) is 4.42 Å². The van der Waals surface area contributed by atoms with E-state index < -0.39 is 23.2 Å². The molecule has 0 unspecified atom stereocenters. The van der Waals surface area contributed by atoms with Crippen LogP contribution >= 0.6 is 0 Å². The molecule has 0 saturated heterocycles. The molecule has 1 aromatic heterocycles. The summed E-state index contributed by atoms with van der Waals surface area (Å²) in [5, 5.41) is 3.16. The van der Waals surface area contributed by atoms with Crippen molar-refractivity contribution in [1.29, 1.82) is 0 Å². The molecule has 0 atom stereocenters. The highest BCUT2D eigenvalue weighted by Gasteiger charge is 2.25. The highest BCUT2D eigenvalue weighted by atomic mass is 16.4. The van der Waals surface area contributed by atoms with Gasteiger partial charge in [-0.1, -0.05) is 0 Å². The minimum atomic E-state index is -0.708. The third-order valence-electron chi connectivity index (χ3n) is 6.42. The monoisotopic (exact) mass is 518 g/mol. The highest BCUT2D eigenvalue weighted by Crippen LogP contribution is 2.20. The molecule has 1 aliphatic heterocycles. The molecular formula is C27H28N5O6+. The average molecular weight is 519 g/mol. The number of imide groups is 1. The van der Waals surface area contributed by atoms with E-state index in [0.717, 1.165) is 4.90 Å². The van der Waals surface area contributed by atoms with Gasteiger partial charge in [-0.3, -0.25) is 23.9 Å². The van der Waals surface area contributed by atoms with Crippen molar-refractivity contribution >= 4 is 46.7 Å². The lowest BCUT2D eigenvalue weighted by atomic mass is 10.2. The molecule has 2 aromatic carbocycles. The molecule has 0 fully saturated rings. The Bertz CT molecular complexity index is 1550. The number of amides is 3. The Kier molecular flexibility index (Phi) is 7.49. The number of likely N-dealkylation sites (N-methyl/N-ethyl adjacent to an activating group) is 1. The summed E-state index contributed by atoms with van der Waals surface area (Å²) in [5.74, 6) is -1.80. The van der Waals surface area contributed by atoms with Crippen LogP contribution in [0, 0.1) is 0 Å². The predicted molar refractivity (Wildman–Crippen MR) is 143 cm³/mol. The molecule has 11 heteroatoms. The summed E-state index contributed by atoms with van der Waals surface area (Å²) in [7, 11) is 4.04. The van der Waals surface area contributed by atoms with Crippen molar-refractivity contribution in [1.82, 2.24) is 9.88 Å². The van der Waals surface area contributed by atoms with Crippen molar-refractivity contribution < 1.29 is 23.3 Å². The van der Waals surface area contributed by atoms with Gasteiger partial charge in [0.25, 0.3) is 17.7 Å².